The standard InChI is InChI=1S/C12H16BrNO3/c1-2-3-6-17-10-5-4-9(11(13)8-10)7-12(15)14-16/h4-5,8,16H,2-3,6-7H2,1H3,(H,14,15). The molecule has 0 saturated carbocycles. The Morgan fingerprint density at radius 1 is 1.53 bits per heavy atom. The molecule has 1 rings (SSSR count). The fraction of sp³-hybridized carbons (Fsp3) is 0.417. The van der Waals surface area contributed by atoms with Crippen molar-refractivity contribution in [1.82, 2.24) is 5.48 Å². The lowest BCUT2D eigenvalue weighted by Crippen LogP contribution is -2.20. The van der Waals surface area contributed by atoms with Crippen LogP contribution in [-0.2, 0) is 11.2 Å². The molecule has 17 heavy (non-hydrogen) atoms. The third-order valence-electron chi connectivity index (χ3n) is 2.27. The normalized spacial score (nSPS) is 10.1. The highest BCUT2D eigenvalue weighted by Crippen LogP contribution is 2.23. The molecule has 1 amide bonds. The van der Waals surface area contributed by atoms with Gasteiger partial charge in [-0.1, -0.05) is 35.3 Å². The summed E-state index contributed by atoms with van der Waals surface area (Å²) in [7, 11) is 0. The van der Waals surface area contributed by atoms with Crippen LogP contribution in [0.15, 0.2) is 22.7 Å². The molecule has 0 unspecified atom stereocenters. The zero-order chi connectivity index (χ0) is 12.7. The lowest BCUT2D eigenvalue weighted by molar-refractivity contribution is -0.128. The van der Waals surface area contributed by atoms with Gasteiger partial charge in [-0.15, -0.1) is 0 Å². The molecule has 0 radical (unpaired) electrons. The predicted molar refractivity (Wildman–Crippen MR) is 68.2 cm³/mol. The second-order valence-corrected chi connectivity index (χ2v) is 4.52. The van der Waals surface area contributed by atoms with Crippen LogP contribution < -0.4 is 10.2 Å². The molecule has 0 spiro atoms. The highest BCUT2D eigenvalue weighted by molar-refractivity contribution is 9.10. The summed E-state index contributed by atoms with van der Waals surface area (Å²) in [5.41, 5.74) is 2.41. The number of hydrogen-bond donors (Lipinski definition) is 2. The predicted octanol–water partition coefficient (Wildman–Crippen LogP) is 2.68. The van der Waals surface area contributed by atoms with Crippen LogP contribution in [0, 0.1) is 0 Å². The summed E-state index contributed by atoms with van der Waals surface area (Å²) in [5, 5.41) is 8.45. The highest BCUT2D eigenvalue weighted by Gasteiger charge is 2.07. The van der Waals surface area contributed by atoms with Crippen molar-refractivity contribution in [3.8, 4) is 5.75 Å². The first-order chi connectivity index (χ1) is 8.17. The monoisotopic (exact) mass is 301 g/mol. The van der Waals surface area contributed by atoms with E-state index in [-0.39, 0.29) is 6.42 Å². The molecule has 1 aromatic carbocycles. The smallest absolute Gasteiger partial charge is 0.247 e. The molecule has 0 heterocycles. The van der Waals surface area contributed by atoms with Crippen molar-refractivity contribution < 1.29 is 14.7 Å². The van der Waals surface area contributed by atoms with E-state index in [9.17, 15) is 4.79 Å². The number of ether oxygens (including phenoxy) is 1. The Kier molecular flexibility index (Phi) is 6.00. The van der Waals surface area contributed by atoms with Gasteiger partial charge in [0.2, 0.25) is 5.91 Å². The summed E-state index contributed by atoms with van der Waals surface area (Å²) in [4.78, 5) is 11.0. The molecular formula is C12H16BrNO3. The number of carbonyl (C=O) groups is 1. The number of hydroxylamine groups is 1. The molecule has 0 fully saturated rings. The quantitative estimate of drug-likeness (QED) is 0.482. The van der Waals surface area contributed by atoms with Crippen molar-refractivity contribution in [1.29, 1.82) is 0 Å². The van der Waals surface area contributed by atoms with E-state index in [4.69, 9.17) is 9.94 Å². The number of halogens is 1. The second kappa shape index (κ2) is 7.29. The van der Waals surface area contributed by atoms with Gasteiger partial charge in [0.25, 0.3) is 0 Å². The summed E-state index contributed by atoms with van der Waals surface area (Å²) in [6, 6.07) is 5.46. The maximum Gasteiger partial charge on any atom is 0.247 e. The minimum absolute atomic E-state index is 0.131. The van der Waals surface area contributed by atoms with Crippen LogP contribution in [-0.4, -0.2) is 17.7 Å². The van der Waals surface area contributed by atoms with Crippen molar-refractivity contribution in [2.45, 2.75) is 26.2 Å². The van der Waals surface area contributed by atoms with Gasteiger partial charge in [0.15, 0.2) is 0 Å². The minimum atomic E-state index is -0.439. The number of carbonyl (C=O) groups excluding carboxylic acids is 1. The van der Waals surface area contributed by atoms with Gasteiger partial charge < -0.3 is 4.74 Å². The van der Waals surface area contributed by atoms with E-state index in [1.807, 2.05) is 12.1 Å². The van der Waals surface area contributed by atoms with Crippen molar-refractivity contribution >= 4 is 21.8 Å². The van der Waals surface area contributed by atoms with E-state index in [0.29, 0.717) is 6.61 Å². The highest BCUT2D eigenvalue weighted by atomic mass is 79.9. The summed E-state index contributed by atoms with van der Waals surface area (Å²) in [6.45, 7) is 2.80. The Morgan fingerprint density at radius 2 is 2.29 bits per heavy atom. The molecule has 0 aliphatic rings. The van der Waals surface area contributed by atoms with Gasteiger partial charge in [-0.05, 0) is 24.1 Å². The molecule has 0 aromatic heterocycles. The summed E-state index contributed by atoms with van der Waals surface area (Å²) in [5.74, 6) is 0.337. The van der Waals surface area contributed by atoms with Gasteiger partial charge in [-0.25, -0.2) is 5.48 Å². The first-order valence-electron chi connectivity index (χ1n) is 5.51. The second-order valence-electron chi connectivity index (χ2n) is 3.67. The van der Waals surface area contributed by atoms with Crippen LogP contribution in [0.25, 0.3) is 0 Å². The van der Waals surface area contributed by atoms with E-state index < -0.39 is 5.91 Å². The fourth-order valence-corrected chi connectivity index (χ4v) is 1.81. The molecular weight excluding hydrogens is 286 g/mol. The maximum absolute atomic E-state index is 11.0. The van der Waals surface area contributed by atoms with Crippen molar-refractivity contribution in [3.05, 3.63) is 28.2 Å². The molecule has 0 bridgehead atoms. The lowest BCUT2D eigenvalue weighted by atomic mass is 10.1. The number of unbranched alkanes of at least 4 members (excludes halogenated alkanes) is 1. The van der Waals surface area contributed by atoms with Crippen LogP contribution >= 0.6 is 15.9 Å². The topological polar surface area (TPSA) is 58.6 Å². The average molecular weight is 302 g/mol. The number of amides is 1. The zero-order valence-electron chi connectivity index (χ0n) is 9.70. The number of nitrogens with one attached hydrogen (secondary N) is 1. The molecule has 4 nitrogen and oxygen atoms in total. The van der Waals surface area contributed by atoms with Crippen LogP contribution in [0.2, 0.25) is 0 Å². The van der Waals surface area contributed by atoms with Crippen LogP contribution in [0.5, 0.6) is 5.75 Å². The minimum Gasteiger partial charge on any atom is -0.494 e. The molecule has 94 valence electrons. The third kappa shape index (κ3) is 4.75. The summed E-state index contributed by atoms with van der Waals surface area (Å²) in [6.07, 6.45) is 2.24. The SMILES string of the molecule is CCCCOc1ccc(CC(=O)NO)c(Br)c1. The van der Waals surface area contributed by atoms with Crippen molar-refractivity contribution in [2.75, 3.05) is 6.61 Å². The average Bonchev–Trinajstić information content (AvgIpc) is 2.32. The lowest BCUT2D eigenvalue weighted by Gasteiger charge is -2.08. The molecule has 0 aliphatic heterocycles. The Bertz CT molecular complexity index is 382. The van der Waals surface area contributed by atoms with Gasteiger partial charge >= 0.3 is 0 Å². The molecule has 2 N–H and O–H groups in total. The molecule has 0 aliphatic carbocycles. The van der Waals surface area contributed by atoms with E-state index in [0.717, 1.165) is 28.6 Å². The molecule has 0 atom stereocenters. The van der Waals surface area contributed by atoms with Crippen LogP contribution in [0.4, 0.5) is 0 Å². The Hall–Kier alpha value is -1.07. The number of rotatable bonds is 6. The molecule has 5 heteroatoms. The first kappa shape index (κ1) is 14.0. The molecule has 1 aromatic rings. The Morgan fingerprint density at radius 3 is 2.88 bits per heavy atom. The van der Waals surface area contributed by atoms with Gasteiger partial charge in [0, 0.05) is 4.47 Å². The van der Waals surface area contributed by atoms with Gasteiger partial charge in [0.1, 0.15) is 5.75 Å². The van der Waals surface area contributed by atoms with E-state index in [1.165, 1.54) is 0 Å². The first-order valence-corrected chi connectivity index (χ1v) is 6.30. The maximum atomic E-state index is 11.0. The van der Waals surface area contributed by atoms with Gasteiger partial charge in [-0.2, -0.15) is 0 Å². The van der Waals surface area contributed by atoms with Crippen LogP contribution in [0.1, 0.15) is 25.3 Å². The van der Waals surface area contributed by atoms with Crippen LogP contribution in [0.3, 0.4) is 0 Å². The Balaban J connectivity index is 2.62. The van der Waals surface area contributed by atoms with Crippen molar-refractivity contribution in [3.63, 3.8) is 0 Å². The van der Waals surface area contributed by atoms with E-state index >= 15 is 0 Å². The van der Waals surface area contributed by atoms with Crippen molar-refractivity contribution in [2.24, 2.45) is 0 Å². The number of hydrogen-bond acceptors (Lipinski definition) is 3. The fourth-order valence-electron chi connectivity index (χ4n) is 1.31. The summed E-state index contributed by atoms with van der Waals surface area (Å²) >= 11 is 3.37. The summed E-state index contributed by atoms with van der Waals surface area (Å²) < 4.78 is 6.33. The number of benzene rings is 1. The molecule has 0 saturated heterocycles. The largest absolute Gasteiger partial charge is 0.494 e. The Labute approximate surface area is 109 Å². The van der Waals surface area contributed by atoms with Gasteiger partial charge in [-0.3, -0.25) is 10.0 Å². The van der Waals surface area contributed by atoms with Gasteiger partial charge in [0.05, 0.1) is 13.0 Å². The third-order valence-corrected chi connectivity index (χ3v) is 3.01. The van der Waals surface area contributed by atoms with E-state index in [2.05, 4.69) is 22.9 Å². The zero-order valence-corrected chi connectivity index (χ0v) is 11.3. The van der Waals surface area contributed by atoms with E-state index in [1.54, 1.807) is 11.5 Å².